The molecule has 5 nitrogen and oxygen atoms in total. The third-order valence-corrected chi connectivity index (χ3v) is 4.67. The molecule has 5 heteroatoms. The number of fused-ring (bicyclic) bond motifs is 2. The number of amides is 1. The van der Waals surface area contributed by atoms with E-state index < -0.39 is 18.0 Å². The van der Waals surface area contributed by atoms with Crippen molar-refractivity contribution in [2.45, 2.75) is 51.6 Å². The van der Waals surface area contributed by atoms with E-state index in [1.165, 1.54) is 25.7 Å². The van der Waals surface area contributed by atoms with Crippen LogP contribution in [0.2, 0.25) is 0 Å². The molecule has 0 saturated heterocycles. The lowest BCUT2D eigenvalue weighted by molar-refractivity contribution is -0.148. The highest BCUT2D eigenvalue weighted by Crippen LogP contribution is 2.49. The van der Waals surface area contributed by atoms with Crippen LogP contribution >= 0.6 is 0 Å². The molecule has 0 aromatic rings. The molecular formula is C15H25NO4. The largest absolute Gasteiger partial charge is 0.466 e. The number of rotatable bonds is 7. The lowest BCUT2D eigenvalue weighted by atomic mass is 9.86. The average Bonchev–Trinajstić information content (AvgIpc) is 3.01. The van der Waals surface area contributed by atoms with Crippen LogP contribution in [0.15, 0.2) is 0 Å². The average molecular weight is 283 g/mol. The van der Waals surface area contributed by atoms with E-state index in [1.54, 1.807) is 6.92 Å². The quantitative estimate of drug-likeness (QED) is 0.689. The highest BCUT2D eigenvalue weighted by atomic mass is 16.5. The van der Waals surface area contributed by atoms with Crippen LogP contribution in [0.3, 0.4) is 0 Å². The van der Waals surface area contributed by atoms with Gasteiger partial charge in [0.1, 0.15) is 6.10 Å². The molecule has 2 N–H and O–H groups in total. The number of hydrogen-bond acceptors (Lipinski definition) is 4. The van der Waals surface area contributed by atoms with Crippen molar-refractivity contribution >= 4 is 11.9 Å². The first-order chi connectivity index (χ1) is 9.60. The van der Waals surface area contributed by atoms with Crippen LogP contribution in [0.25, 0.3) is 0 Å². The Kier molecular flexibility index (Phi) is 5.40. The number of nitrogens with one attached hydrogen (secondary N) is 1. The SMILES string of the molecule is CCOC(=O)C[C@H](O)C(=O)NCC[C@H]1C[C@H]2CC[C@H]1C2. The van der Waals surface area contributed by atoms with Gasteiger partial charge in [0.25, 0.3) is 0 Å². The molecule has 0 radical (unpaired) electrons. The molecule has 2 saturated carbocycles. The second-order valence-electron chi connectivity index (χ2n) is 6.04. The third-order valence-electron chi connectivity index (χ3n) is 4.67. The minimum atomic E-state index is -1.30. The van der Waals surface area contributed by atoms with E-state index in [2.05, 4.69) is 5.32 Å². The second kappa shape index (κ2) is 7.07. The molecular weight excluding hydrogens is 258 g/mol. The fourth-order valence-electron chi connectivity index (χ4n) is 3.70. The minimum Gasteiger partial charge on any atom is -0.466 e. The predicted molar refractivity (Wildman–Crippen MR) is 73.8 cm³/mol. The van der Waals surface area contributed by atoms with Crippen LogP contribution in [-0.2, 0) is 14.3 Å². The van der Waals surface area contributed by atoms with Crippen molar-refractivity contribution in [3.05, 3.63) is 0 Å². The summed E-state index contributed by atoms with van der Waals surface area (Å²) in [5.41, 5.74) is 0. The van der Waals surface area contributed by atoms with Crippen LogP contribution in [0.1, 0.15) is 45.4 Å². The Labute approximate surface area is 120 Å². The van der Waals surface area contributed by atoms with E-state index in [0.29, 0.717) is 6.54 Å². The van der Waals surface area contributed by atoms with Crippen LogP contribution in [-0.4, -0.2) is 36.2 Å². The maximum atomic E-state index is 11.6. The monoisotopic (exact) mass is 283 g/mol. The van der Waals surface area contributed by atoms with Crippen molar-refractivity contribution in [1.29, 1.82) is 0 Å². The molecule has 0 unspecified atom stereocenters. The maximum Gasteiger partial charge on any atom is 0.308 e. The molecule has 0 aromatic heterocycles. The Hall–Kier alpha value is -1.10. The zero-order valence-corrected chi connectivity index (χ0v) is 12.1. The van der Waals surface area contributed by atoms with Crippen LogP contribution in [0.4, 0.5) is 0 Å². The highest BCUT2D eigenvalue weighted by Gasteiger charge is 2.38. The van der Waals surface area contributed by atoms with Crippen molar-refractivity contribution in [1.82, 2.24) is 5.32 Å². The third kappa shape index (κ3) is 3.95. The number of carbonyl (C=O) groups excluding carboxylic acids is 2. The van der Waals surface area contributed by atoms with Gasteiger partial charge in [0.15, 0.2) is 0 Å². The molecule has 0 aliphatic heterocycles. The lowest BCUT2D eigenvalue weighted by Crippen LogP contribution is -2.37. The van der Waals surface area contributed by atoms with Gasteiger partial charge in [0, 0.05) is 6.54 Å². The summed E-state index contributed by atoms with van der Waals surface area (Å²) >= 11 is 0. The fourth-order valence-corrected chi connectivity index (χ4v) is 3.70. The lowest BCUT2D eigenvalue weighted by Gasteiger charge is -2.21. The zero-order valence-electron chi connectivity index (χ0n) is 12.1. The van der Waals surface area contributed by atoms with E-state index in [0.717, 1.165) is 24.2 Å². The van der Waals surface area contributed by atoms with Gasteiger partial charge >= 0.3 is 5.97 Å². The minimum absolute atomic E-state index is 0.261. The Bertz CT molecular complexity index is 358. The molecule has 0 spiro atoms. The standard InChI is InChI=1S/C15H25NO4/c1-2-20-14(18)9-13(17)15(19)16-6-5-12-8-10-3-4-11(12)7-10/h10-13,17H,2-9H2,1H3,(H,16,19)/t10-,11-,12-,13-/m0/s1. The van der Waals surface area contributed by atoms with E-state index in [-0.39, 0.29) is 13.0 Å². The Balaban J connectivity index is 1.61. The van der Waals surface area contributed by atoms with Crippen LogP contribution < -0.4 is 5.32 Å². The van der Waals surface area contributed by atoms with Crippen LogP contribution in [0.5, 0.6) is 0 Å². The van der Waals surface area contributed by atoms with E-state index in [1.807, 2.05) is 0 Å². The fraction of sp³-hybridized carbons (Fsp3) is 0.867. The zero-order chi connectivity index (χ0) is 14.5. The Morgan fingerprint density at radius 3 is 2.75 bits per heavy atom. The van der Waals surface area contributed by atoms with Gasteiger partial charge in [0.05, 0.1) is 13.0 Å². The van der Waals surface area contributed by atoms with Crippen LogP contribution in [0, 0.1) is 17.8 Å². The summed E-state index contributed by atoms with van der Waals surface area (Å²) < 4.78 is 4.70. The van der Waals surface area contributed by atoms with E-state index in [9.17, 15) is 14.7 Å². The number of aliphatic hydroxyl groups excluding tert-OH is 1. The Morgan fingerprint density at radius 2 is 2.15 bits per heavy atom. The van der Waals surface area contributed by atoms with Gasteiger partial charge in [-0.05, 0) is 50.4 Å². The van der Waals surface area contributed by atoms with Gasteiger partial charge in [-0.25, -0.2) is 0 Å². The van der Waals surface area contributed by atoms with Gasteiger partial charge in [0.2, 0.25) is 5.91 Å². The maximum absolute atomic E-state index is 11.6. The van der Waals surface area contributed by atoms with Gasteiger partial charge in [-0.2, -0.15) is 0 Å². The van der Waals surface area contributed by atoms with Gasteiger partial charge in [-0.15, -0.1) is 0 Å². The molecule has 2 aliphatic rings. The first-order valence-corrected chi connectivity index (χ1v) is 7.71. The van der Waals surface area contributed by atoms with E-state index in [4.69, 9.17) is 4.74 Å². The summed E-state index contributed by atoms with van der Waals surface area (Å²) in [6, 6.07) is 0. The van der Waals surface area contributed by atoms with Crippen molar-refractivity contribution < 1.29 is 19.4 Å². The van der Waals surface area contributed by atoms with Crippen molar-refractivity contribution in [2.24, 2.45) is 17.8 Å². The second-order valence-corrected chi connectivity index (χ2v) is 6.04. The summed E-state index contributed by atoms with van der Waals surface area (Å²) in [5, 5.41) is 12.3. The van der Waals surface area contributed by atoms with Crippen molar-refractivity contribution in [2.75, 3.05) is 13.2 Å². The molecule has 4 atom stereocenters. The molecule has 2 rings (SSSR count). The topological polar surface area (TPSA) is 75.6 Å². The summed E-state index contributed by atoms with van der Waals surface area (Å²) in [6.45, 7) is 2.55. The molecule has 2 fully saturated rings. The molecule has 114 valence electrons. The van der Waals surface area contributed by atoms with Gasteiger partial charge in [-0.1, -0.05) is 6.42 Å². The van der Waals surface area contributed by atoms with Crippen molar-refractivity contribution in [3.63, 3.8) is 0 Å². The summed E-state index contributed by atoms with van der Waals surface area (Å²) in [7, 11) is 0. The summed E-state index contributed by atoms with van der Waals surface area (Å²) in [4.78, 5) is 22.8. The van der Waals surface area contributed by atoms with Crippen molar-refractivity contribution in [3.8, 4) is 0 Å². The Morgan fingerprint density at radius 1 is 1.35 bits per heavy atom. The number of ether oxygens (including phenoxy) is 1. The molecule has 1 amide bonds. The highest BCUT2D eigenvalue weighted by molar-refractivity contribution is 5.85. The molecule has 0 aromatic carbocycles. The first kappa shape index (κ1) is 15.3. The summed E-state index contributed by atoms with van der Waals surface area (Å²) in [5.74, 6) is 1.48. The summed E-state index contributed by atoms with van der Waals surface area (Å²) in [6.07, 6.45) is 4.80. The van der Waals surface area contributed by atoms with Gasteiger partial charge in [-0.3, -0.25) is 9.59 Å². The van der Waals surface area contributed by atoms with Gasteiger partial charge < -0.3 is 15.2 Å². The van der Waals surface area contributed by atoms with E-state index >= 15 is 0 Å². The number of esters is 1. The predicted octanol–water partition coefficient (Wildman–Crippen LogP) is 1.24. The number of aliphatic hydroxyl groups is 1. The number of hydrogen-bond donors (Lipinski definition) is 2. The molecule has 20 heavy (non-hydrogen) atoms. The first-order valence-electron chi connectivity index (χ1n) is 7.71. The molecule has 0 heterocycles. The smallest absolute Gasteiger partial charge is 0.308 e. The molecule has 2 bridgehead atoms. The normalized spacial score (nSPS) is 29.2. The molecule has 2 aliphatic carbocycles. The number of carbonyl (C=O) groups is 2.